The minimum atomic E-state index is -0.291. The summed E-state index contributed by atoms with van der Waals surface area (Å²) in [7, 11) is 0. The molecule has 2 rings (SSSR count). The van der Waals surface area contributed by atoms with Gasteiger partial charge in [-0.15, -0.1) is 10.2 Å². The topological polar surface area (TPSA) is 66.9 Å². The molecule has 0 saturated heterocycles. The monoisotopic (exact) mass is 354 g/mol. The van der Waals surface area contributed by atoms with Gasteiger partial charge in [0.05, 0.1) is 11.3 Å². The van der Waals surface area contributed by atoms with E-state index in [4.69, 9.17) is 0 Å². The van der Waals surface area contributed by atoms with Crippen LogP contribution in [0.5, 0.6) is 0 Å². The standard InChI is InChI=1S/C15H19FN4OS2/c1-4-17-14-19-20-15(23-14)22-10(3)13(21)18-9(2)11-5-7-12(16)8-6-11/h5-10H,4H2,1-3H3,(H,17,19)(H,18,21). The van der Waals surface area contributed by atoms with Gasteiger partial charge in [-0.3, -0.25) is 4.79 Å². The van der Waals surface area contributed by atoms with Crippen LogP contribution in [0.1, 0.15) is 32.4 Å². The Hall–Kier alpha value is -1.67. The van der Waals surface area contributed by atoms with Crippen molar-refractivity contribution in [2.75, 3.05) is 11.9 Å². The number of nitrogens with one attached hydrogen (secondary N) is 2. The molecule has 1 aromatic carbocycles. The molecule has 2 N–H and O–H groups in total. The van der Waals surface area contributed by atoms with E-state index in [0.29, 0.717) is 0 Å². The normalized spacial score (nSPS) is 13.4. The predicted molar refractivity (Wildman–Crippen MR) is 92.3 cm³/mol. The molecule has 1 amide bonds. The van der Waals surface area contributed by atoms with E-state index in [0.717, 1.165) is 21.6 Å². The number of nitrogens with zero attached hydrogens (tertiary/aromatic N) is 2. The van der Waals surface area contributed by atoms with Gasteiger partial charge in [0.2, 0.25) is 11.0 Å². The van der Waals surface area contributed by atoms with Crippen molar-refractivity contribution in [2.45, 2.75) is 36.4 Å². The molecule has 1 heterocycles. The van der Waals surface area contributed by atoms with Crippen LogP contribution in [-0.4, -0.2) is 27.9 Å². The Labute approximate surface area is 143 Å². The number of benzene rings is 1. The number of rotatable bonds is 7. The van der Waals surface area contributed by atoms with E-state index < -0.39 is 0 Å². The predicted octanol–water partition coefficient (Wildman–Crippen LogP) is 3.47. The van der Waals surface area contributed by atoms with Crippen molar-refractivity contribution in [3.05, 3.63) is 35.6 Å². The van der Waals surface area contributed by atoms with Gasteiger partial charge in [-0.1, -0.05) is 35.2 Å². The van der Waals surface area contributed by atoms with Crippen molar-refractivity contribution in [2.24, 2.45) is 0 Å². The van der Waals surface area contributed by atoms with Crippen molar-refractivity contribution >= 4 is 34.1 Å². The second kappa shape index (κ2) is 8.26. The third-order valence-corrected chi connectivity index (χ3v) is 5.18. The van der Waals surface area contributed by atoms with E-state index >= 15 is 0 Å². The first-order valence-electron chi connectivity index (χ1n) is 7.29. The number of amides is 1. The first-order chi connectivity index (χ1) is 11.0. The molecule has 0 spiro atoms. The van der Waals surface area contributed by atoms with E-state index in [-0.39, 0.29) is 23.0 Å². The molecular formula is C15H19FN4OS2. The quantitative estimate of drug-likeness (QED) is 0.745. The summed E-state index contributed by atoms with van der Waals surface area (Å²) < 4.78 is 13.7. The number of carbonyl (C=O) groups is 1. The minimum Gasteiger partial charge on any atom is -0.360 e. The Kier molecular flexibility index (Phi) is 6.35. The Morgan fingerprint density at radius 2 is 2.00 bits per heavy atom. The average Bonchev–Trinajstić information content (AvgIpc) is 2.95. The van der Waals surface area contributed by atoms with Crippen LogP contribution in [-0.2, 0) is 4.79 Å². The fourth-order valence-corrected chi connectivity index (χ4v) is 3.82. The lowest BCUT2D eigenvalue weighted by Crippen LogP contribution is -2.33. The number of hydrogen-bond acceptors (Lipinski definition) is 6. The lowest BCUT2D eigenvalue weighted by Gasteiger charge is -2.17. The third-order valence-electron chi connectivity index (χ3n) is 3.11. The number of carbonyl (C=O) groups excluding carboxylic acids is 1. The van der Waals surface area contributed by atoms with Gasteiger partial charge in [0.15, 0.2) is 4.34 Å². The molecule has 0 bridgehead atoms. The molecule has 8 heteroatoms. The van der Waals surface area contributed by atoms with E-state index in [1.807, 2.05) is 20.8 Å². The number of halogens is 1. The minimum absolute atomic E-state index is 0.0907. The summed E-state index contributed by atoms with van der Waals surface area (Å²) in [5.41, 5.74) is 0.863. The third kappa shape index (κ3) is 5.18. The van der Waals surface area contributed by atoms with Crippen LogP contribution < -0.4 is 10.6 Å². The Bertz CT molecular complexity index is 647. The Balaban J connectivity index is 1.89. The molecule has 5 nitrogen and oxygen atoms in total. The zero-order chi connectivity index (χ0) is 16.8. The molecule has 0 aliphatic heterocycles. The summed E-state index contributed by atoms with van der Waals surface area (Å²) in [5, 5.41) is 14.5. The molecule has 1 aromatic heterocycles. The molecule has 124 valence electrons. The number of hydrogen-bond donors (Lipinski definition) is 2. The smallest absolute Gasteiger partial charge is 0.233 e. The molecular weight excluding hydrogens is 335 g/mol. The number of anilines is 1. The average molecular weight is 354 g/mol. The first kappa shape index (κ1) is 17.7. The van der Waals surface area contributed by atoms with Crippen LogP contribution in [0.3, 0.4) is 0 Å². The fourth-order valence-electron chi connectivity index (χ4n) is 1.85. The molecule has 0 saturated carbocycles. The lowest BCUT2D eigenvalue weighted by molar-refractivity contribution is -0.120. The van der Waals surface area contributed by atoms with Crippen molar-refractivity contribution in [1.82, 2.24) is 15.5 Å². The summed E-state index contributed by atoms with van der Waals surface area (Å²) >= 11 is 2.80. The maximum absolute atomic E-state index is 12.9. The van der Waals surface area contributed by atoms with Gasteiger partial charge in [0.25, 0.3) is 0 Å². The fraction of sp³-hybridized carbons (Fsp3) is 0.400. The van der Waals surface area contributed by atoms with Crippen LogP contribution in [0.2, 0.25) is 0 Å². The van der Waals surface area contributed by atoms with Gasteiger partial charge in [-0.2, -0.15) is 0 Å². The van der Waals surface area contributed by atoms with Gasteiger partial charge >= 0.3 is 0 Å². The Morgan fingerprint density at radius 3 is 2.65 bits per heavy atom. The van der Waals surface area contributed by atoms with Crippen molar-refractivity contribution in [3.63, 3.8) is 0 Å². The van der Waals surface area contributed by atoms with E-state index in [9.17, 15) is 9.18 Å². The number of aromatic nitrogens is 2. The van der Waals surface area contributed by atoms with Gasteiger partial charge < -0.3 is 10.6 Å². The molecule has 0 fully saturated rings. The first-order valence-corrected chi connectivity index (χ1v) is 8.99. The van der Waals surface area contributed by atoms with Crippen LogP contribution in [0.4, 0.5) is 9.52 Å². The van der Waals surface area contributed by atoms with E-state index in [1.54, 1.807) is 12.1 Å². The molecule has 23 heavy (non-hydrogen) atoms. The Morgan fingerprint density at radius 1 is 1.30 bits per heavy atom. The molecule has 0 aliphatic rings. The molecule has 0 aliphatic carbocycles. The van der Waals surface area contributed by atoms with Gasteiger partial charge in [0.1, 0.15) is 5.82 Å². The molecule has 0 radical (unpaired) electrons. The zero-order valence-corrected chi connectivity index (χ0v) is 14.8. The molecule has 2 unspecified atom stereocenters. The van der Waals surface area contributed by atoms with Crippen LogP contribution in [0.25, 0.3) is 0 Å². The largest absolute Gasteiger partial charge is 0.360 e. The summed E-state index contributed by atoms with van der Waals surface area (Å²) in [5.74, 6) is -0.379. The summed E-state index contributed by atoms with van der Waals surface area (Å²) in [6.45, 7) is 6.47. The van der Waals surface area contributed by atoms with Crippen molar-refractivity contribution in [3.8, 4) is 0 Å². The SMILES string of the molecule is CCNc1nnc(SC(C)C(=O)NC(C)c2ccc(F)cc2)s1. The van der Waals surface area contributed by atoms with E-state index in [1.165, 1.54) is 35.2 Å². The maximum Gasteiger partial charge on any atom is 0.233 e. The van der Waals surface area contributed by atoms with E-state index in [2.05, 4.69) is 20.8 Å². The van der Waals surface area contributed by atoms with Crippen LogP contribution >= 0.6 is 23.1 Å². The van der Waals surface area contributed by atoms with Crippen molar-refractivity contribution < 1.29 is 9.18 Å². The summed E-state index contributed by atoms with van der Waals surface area (Å²) in [6, 6.07) is 5.94. The molecule has 2 aromatic rings. The van der Waals surface area contributed by atoms with Crippen molar-refractivity contribution in [1.29, 1.82) is 0 Å². The van der Waals surface area contributed by atoms with Gasteiger partial charge in [-0.05, 0) is 38.5 Å². The van der Waals surface area contributed by atoms with Crippen LogP contribution in [0, 0.1) is 5.82 Å². The highest BCUT2D eigenvalue weighted by molar-refractivity contribution is 8.02. The molecule has 2 atom stereocenters. The maximum atomic E-state index is 12.9. The van der Waals surface area contributed by atoms with Gasteiger partial charge in [-0.25, -0.2) is 4.39 Å². The second-order valence-electron chi connectivity index (χ2n) is 4.95. The highest BCUT2D eigenvalue weighted by Gasteiger charge is 2.19. The van der Waals surface area contributed by atoms with Crippen LogP contribution in [0.15, 0.2) is 28.6 Å². The second-order valence-corrected chi connectivity index (χ2v) is 7.51. The summed E-state index contributed by atoms with van der Waals surface area (Å²) in [6.07, 6.45) is 0. The lowest BCUT2D eigenvalue weighted by atomic mass is 10.1. The number of thioether (sulfide) groups is 1. The van der Waals surface area contributed by atoms with Gasteiger partial charge in [0, 0.05) is 6.54 Å². The summed E-state index contributed by atoms with van der Waals surface area (Å²) in [4.78, 5) is 12.3. The zero-order valence-electron chi connectivity index (χ0n) is 13.2. The highest BCUT2D eigenvalue weighted by atomic mass is 32.2. The highest BCUT2D eigenvalue weighted by Crippen LogP contribution is 2.29.